The SMILES string of the molecule is O=C(Nc1csc(-c2ccc(C(F)(F)F)cc2)c1C(=O)O)c1ccc(F)cc1. The lowest BCUT2D eigenvalue weighted by atomic mass is 10.1. The number of aromatic carboxylic acids is 1. The maximum Gasteiger partial charge on any atom is 0.416 e. The van der Waals surface area contributed by atoms with Crippen molar-refractivity contribution in [2.45, 2.75) is 6.18 Å². The number of thiophene rings is 1. The molecule has 0 aliphatic carbocycles. The fraction of sp³-hybridized carbons (Fsp3) is 0.0526. The molecule has 0 atom stereocenters. The second kappa shape index (κ2) is 7.43. The van der Waals surface area contributed by atoms with Gasteiger partial charge in [-0.1, -0.05) is 12.1 Å². The number of rotatable bonds is 4. The standard InChI is InChI=1S/C19H11F4NO3S/c20-13-7-3-11(4-8-13)17(25)24-14-9-28-16(15(14)18(26)27)10-1-5-12(6-2-10)19(21,22)23/h1-9H,(H,24,25)(H,26,27). The number of nitrogens with one attached hydrogen (secondary N) is 1. The lowest BCUT2D eigenvalue weighted by Crippen LogP contribution is -2.14. The van der Waals surface area contributed by atoms with Crippen molar-refractivity contribution in [1.29, 1.82) is 0 Å². The predicted octanol–water partition coefficient (Wildman–Crippen LogP) is 5.52. The van der Waals surface area contributed by atoms with Crippen molar-refractivity contribution in [2.24, 2.45) is 0 Å². The summed E-state index contributed by atoms with van der Waals surface area (Å²) in [5.41, 5.74) is -0.686. The molecule has 2 N–H and O–H groups in total. The van der Waals surface area contributed by atoms with Crippen LogP contribution in [0, 0.1) is 5.82 Å². The van der Waals surface area contributed by atoms with E-state index in [1.807, 2.05) is 0 Å². The Morgan fingerprint density at radius 1 is 0.964 bits per heavy atom. The van der Waals surface area contributed by atoms with Crippen LogP contribution < -0.4 is 5.32 Å². The van der Waals surface area contributed by atoms with Crippen molar-refractivity contribution < 1.29 is 32.3 Å². The van der Waals surface area contributed by atoms with E-state index < -0.39 is 29.4 Å². The molecule has 4 nitrogen and oxygen atoms in total. The fourth-order valence-electron chi connectivity index (χ4n) is 2.48. The second-order valence-electron chi connectivity index (χ2n) is 5.69. The Balaban J connectivity index is 1.93. The lowest BCUT2D eigenvalue weighted by Gasteiger charge is -2.08. The number of carboxylic acids is 1. The van der Waals surface area contributed by atoms with E-state index in [1.54, 1.807) is 0 Å². The van der Waals surface area contributed by atoms with Crippen molar-refractivity contribution in [1.82, 2.24) is 0 Å². The molecular formula is C19H11F4NO3S. The summed E-state index contributed by atoms with van der Waals surface area (Å²) in [5.74, 6) is -2.51. The molecule has 0 saturated carbocycles. The van der Waals surface area contributed by atoms with E-state index in [9.17, 15) is 32.3 Å². The quantitative estimate of drug-likeness (QED) is 0.558. The normalized spacial score (nSPS) is 11.3. The van der Waals surface area contributed by atoms with Gasteiger partial charge in [-0.3, -0.25) is 4.79 Å². The number of carbonyl (C=O) groups excluding carboxylic acids is 1. The summed E-state index contributed by atoms with van der Waals surface area (Å²) in [7, 11) is 0. The first-order valence-electron chi connectivity index (χ1n) is 7.76. The molecule has 2 aromatic carbocycles. The minimum atomic E-state index is -4.50. The third-order valence-corrected chi connectivity index (χ3v) is 4.86. The van der Waals surface area contributed by atoms with Crippen molar-refractivity contribution in [3.05, 3.63) is 76.4 Å². The summed E-state index contributed by atoms with van der Waals surface area (Å²) in [6.07, 6.45) is -4.50. The van der Waals surface area contributed by atoms with Crippen LogP contribution in [-0.2, 0) is 6.18 Å². The molecule has 1 heterocycles. The summed E-state index contributed by atoms with van der Waals surface area (Å²) in [6.45, 7) is 0. The Kier molecular flexibility index (Phi) is 5.19. The zero-order valence-electron chi connectivity index (χ0n) is 13.9. The average molecular weight is 409 g/mol. The number of benzene rings is 2. The van der Waals surface area contributed by atoms with Crippen molar-refractivity contribution in [3.8, 4) is 10.4 Å². The van der Waals surface area contributed by atoms with Gasteiger partial charge in [0.1, 0.15) is 11.4 Å². The molecule has 9 heteroatoms. The molecule has 1 amide bonds. The van der Waals surface area contributed by atoms with E-state index >= 15 is 0 Å². The van der Waals surface area contributed by atoms with Crippen LogP contribution in [0.5, 0.6) is 0 Å². The molecule has 144 valence electrons. The van der Waals surface area contributed by atoms with Crippen LogP contribution in [0.3, 0.4) is 0 Å². The van der Waals surface area contributed by atoms with Crippen molar-refractivity contribution >= 4 is 28.9 Å². The molecule has 0 aliphatic rings. The van der Waals surface area contributed by atoms with Gasteiger partial charge in [0, 0.05) is 10.9 Å². The van der Waals surface area contributed by atoms with E-state index in [-0.39, 0.29) is 27.3 Å². The van der Waals surface area contributed by atoms with Gasteiger partial charge in [0.2, 0.25) is 0 Å². The molecule has 0 fully saturated rings. The summed E-state index contributed by atoms with van der Waals surface area (Å²) in [4.78, 5) is 24.2. The first-order valence-corrected chi connectivity index (χ1v) is 8.64. The maximum absolute atomic E-state index is 13.0. The highest BCUT2D eigenvalue weighted by Crippen LogP contribution is 2.38. The van der Waals surface area contributed by atoms with Gasteiger partial charge in [-0.25, -0.2) is 9.18 Å². The number of hydrogen-bond donors (Lipinski definition) is 2. The van der Waals surface area contributed by atoms with E-state index in [2.05, 4.69) is 5.32 Å². The molecule has 0 unspecified atom stereocenters. The maximum atomic E-state index is 13.0. The Morgan fingerprint density at radius 3 is 2.11 bits per heavy atom. The summed E-state index contributed by atoms with van der Waals surface area (Å²) < 4.78 is 51.1. The summed E-state index contributed by atoms with van der Waals surface area (Å²) in [6, 6.07) is 8.74. The third-order valence-electron chi connectivity index (χ3n) is 3.83. The first-order chi connectivity index (χ1) is 13.2. The molecule has 0 spiro atoms. The van der Waals surface area contributed by atoms with Crippen LogP contribution in [0.15, 0.2) is 53.9 Å². The highest BCUT2D eigenvalue weighted by Gasteiger charge is 2.30. The van der Waals surface area contributed by atoms with E-state index in [1.165, 1.54) is 29.6 Å². The molecule has 0 saturated heterocycles. The van der Waals surface area contributed by atoms with Crippen LogP contribution in [0.25, 0.3) is 10.4 Å². The van der Waals surface area contributed by atoms with Gasteiger partial charge in [0.05, 0.1) is 16.1 Å². The van der Waals surface area contributed by atoms with Crippen molar-refractivity contribution in [3.63, 3.8) is 0 Å². The number of carbonyl (C=O) groups is 2. The molecule has 0 bridgehead atoms. The van der Waals surface area contributed by atoms with Crippen molar-refractivity contribution in [2.75, 3.05) is 5.32 Å². The molecule has 3 rings (SSSR count). The fourth-order valence-corrected chi connectivity index (χ4v) is 3.48. The number of carboxylic acid groups (broad SMARTS) is 1. The monoisotopic (exact) mass is 409 g/mol. The number of anilines is 1. The lowest BCUT2D eigenvalue weighted by molar-refractivity contribution is -0.137. The molecule has 28 heavy (non-hydrogen) atoms. The number of hydrogen-bond acceptors (Lipinski definition) is 3. The average Bonchev–Trinajstić information content (AvgIpc) is 3.05. The molecule has 3 aromatic rings. The summed E-state index contributed by atoms with van der Waals surface area (Å²) >= 11 is 0.974. The number of amides is 1. The molecule has 1 aromatic heterocycles. The van der Waals surface area contributed by atoms with Crippen LogP contribution in [0.2, 0.25) is 0 Å². The Bertz CT molecular complexity index is 1020. The van der Waals surface area contributed by atoms with Gasteiger partial charge in [-0.2, -0.15) is 13.2 Å². The second-order valence-corrected chi connectivity index (χ2v) is 6.57. The van der Waals surface area contributed by atoms with Gasteiger partial charge < -0.3 is 10.4 Å². The molecule has 0 aliphatic heterocycles. The number of halogens is 4. The minimum Gasteiger partial charge on any atom is -0.478 e. The minimum absolute atomic E-state index is 0.00160. The Hall–Kier alpha value is -3.20. The van der Waals surface area contributed by atoms with Crippen LogP contribution in [-0.4, -0.2) is 17.0 Å². The van der Waals surface area contributed by atoms with Gasteiger partial charge in [0.15, 0.2) is 0 Å². The van der Waals surface area contributed by atoms with Crippen LogP contribution in [0.1, 0.15) is 26.3 Å². The topological polar surface area (TPSA) is 66.4 Å². The van der Waals surface area contributed by atoms with E-state index in [0.717, 1.165) is 35.6 Å². The highest BCUT2D eigenvalue weighted by atomic mass is 32.1. The number of alkyl halides is 3. The zero-order valence-corrected chi connectivity index (χ0v) is 14.7. The smallest absolute Gasteiger partial charge is 0.416 e. The third kappa shape index (κ3) is 4.04. The zero-order chi connectivity index (χ0) is 20.5. The van der Waals surface area contributed by atoms with E-state index in [0.29, 0.717) is 0 Å². The highest BCUT2D eigenvalue weighted by molar-refractivity contribution is 7.14. The predicted molar refractivity (Wildman–Crippen MR) is 96.1 cm³/mol. The van der Waals surface area contributed by atoms with Gasteiger partial charge in [-0.05, 0) is 42.0 Å². The first kappa shape index (κ1) is 19.6. The molecule has 0 radical (unpaired) electrons. The van der Waals surface area contributed by atoms with E-state index in [4.69, 9.17) is 0 Å². The summed E-state index contributed by atoms with van der Waals surface area (Å²) in [5, 5.41) is 13.4. The van der Waals surface area contributed by atoms with Gasteiger partial charge in [-0.15, -0.1) is 11.3 Å². The van der Waals surface area contributed by atoms with Crippen LogP contribution in [0.4, 0.5) is 23.2 Å². The van der Waals surface area contributed by atoms with Crippen LogP contribution >= 0.6 is 11.3 Å². The Morgan fingerprint density at radius 2 is 1.57 bits per heavy atom. The molecular weight excluding hydrogens is 398 g/mol. The van der Waals surface area contributed by atoms with Gasteiger partial charge >= 0.3 is 12.1 Å². The Labute approximate surface area is 160 Å². The largest absolute Gasteiger partial charge is 0.478 e. The van der Waals surface area contributed by atoms with Gasteiger partial charge in [0.25, 0.3) is 5.91 Å².